The fourth-order valence-corrected chi connectivity index (χ4v) is 2.36. The van der Waals surface area contributed by atoms with E-state index in [1.165, 1.54) is 5.56 Å². The number of hydrogen-bond donors (Lipinski definition) is 1. The molecule has 0 aliphatic carbocycles. The van der Waals surface area contributed by atoms with Crippen LogP contribution in [0, 0.1) is 0 Å². The van der Waals surface area contributed by atoms with E-state index in [1.807, 2.05) is 36.4 Å². The summed E-state index contributed by atoms with van der Waals surface area (Å²) in [7, 11) is 0. The molecule has 2 aromatic carbocycles. The van der Waals surface area contributed by atoms with Crippen molar-refractivity contribution in [2.75, 3.05) is 6.54 Å². The van der Waals surface area contributed by atoms with Crippen LogP contribution in [0.1, 0.15) is 30.9 Å². The summed E-state index contributed by atoms with van der Waals surface area (Å²) in [5.74, 6) is 1.94. The van der Waals surface area contributed by atoms with Gasteiger partial charge in [0, 0.05) is 0 Å². The molecular formula is C17H20ClNO. The van der Waals surface area contributed by atoms with Gasteiger partial charge in [0.05, 0.1) is 5.02 Å². The first-order valence-corrected chi connectivity index (χ1v) is 7.25. The largest absolute Gasteiger partial charge is 0.456 e. The van der Waals surface area contributed by atoms with Gasteiger partial charge in [0.1, 0.15) is 11.5 Å². The van der Waals surface area contributed by atoms with E-state index in [0.717, 1.165) is 17.7 Å². The van der Waals surface area contributed by atoms with Crippen molar-refractivity contribution in [1.29, 1.82) is 0 Å². The molecule has 0 amide bonds. The lowest BCUT2D eigenvalue weighted by Crippen LogP contribution is -2.02. The number of ether oxygens (including phenoxy) is 1. The van der Waals surface area contributed by atoms with E-state index in [4.69, 9.17) is 22.1 Å². The second-order valence-corrected chi connectivity index (χ2v) is 5.51. The predicted octanol–water partition coefficient (Wildman–Crippen LogP) is 4.76. The van der Waals surface area contributed by atoms with Crippen LogP contribution in [0.15, 0.2) is 42.5 Å². The van der Waals surface area contributed by atoms with Crippen molar-refractivity contribution in [3.63, 3.8) is 0 Å². The second kappa shape index (κ2) is 6.78. The van der Waals surface area contributed by atoms with Crippen molar-refractivity contribution in [2.24, 2.45) is 5.73 Å². The van der Waals surface area contributed by atoms with Gasteiger partial charge in [-0.25, -0.2) is 0 Å². The minimum absolute atomic E-state index is 0.404. The molecule has 0 radical (unpaired) electrons. The van der Waals surface area contributed by atoms with Crippen LogP contribution in [0.5, 0.6) is 11.5 Å². The van der Waals surface area contributed by atoms with E-state index in [0.29, 0.717) is 23.2 Å². The van der Waals surface area contributed by atoms with Crippen LogP contribution in [-0.4, -0.2) is 6.54 Å². The van der Waals surface area contributed by atoms with Gasteiger partial charge in [0.25, 0.3) is 0 Å². The Kier molecular flexibility index (Phi) is 5.05. The Labute approximate surface area is 125 Å². The number of hydrogen-bond acceptors (Lipinski definition) is 2. The van der Waals surface area contributed by atoms with E-state index in [9.17, 15) is 0 Å². The zero-order valence-corrected chi connectivity index (χ0v) is 12.7. The highest BCUT2D eigenvalue weighted by Gasteiger charge is 2.10. The molecule has 0 spiro atoms. The molecule has 20 heavy (non-hydrogen) atoms. The molecule has 106 valence electrons. The van der Waals surface area contributed by atoms with Gasteiger partial charge in [0.15, 0.2) is 0 Å². The molecule has 0 unspecified atom stereocenters. The summed E-state index contributed by atoms with van der Waals surface area (Å²) < 4.78 is 5.97. The highest BCUT2D eigenvalue weighted by Crippen LogP contribution is 2.34. The molecule has 0 heterocycles. The Morgan fingerprint density at radius 2 is 1.85 bits per heavy atom. The van der Waals surface area contributed by atoms with E-state index >= 15 is 0 Å². The van der Waals surface area contributed by atoms with Crippen molar-refractivity contribution in [2.45, 2.75) is 26.2 Å². The minimum atomic E-state index is 0.404. The Morgan fingerprint density at radius 3 is 2.50 bits per heavy atom. The molecule has 0 bridgehead atoms. The third kappa shape index (κ3) is 3.53. The average Bonchev–Trinajstić information content (AvgIpc) is 2.42. The summed E-state index contributed by atoms with van der Waals surface area (Å²) in [5, 5.41) is 0.620. The van der Waals surface area contributed by atoms with Gasteiger partial charge in [-0.1, -0.05) is 49.7 Å². The monoisotopic (exact) mass is 289 g/mol. The maximum Gasteiger partial charge on any atom is 0.146 e. The van der Waals surface area contributed by atoms with Crippen molar-refractivity contribution in [3.05, 3.63) is 58.6 Å². The van der Waals surface area contributed by atoms with Crippen LogP contribution in [-0.2, 0) is 6.42 Å². The molecule has 0 atom stereocenters. The SMILES string of the molecule is CC(C)c1ccccc1Oc1ccc(CCN)cc1Cl. The Hall–Kier alpha value is -1.51. The third-order valence-electron chi connectivity index (χ3n) is 3.19. The number of benzene rings is 2. The van der Waals surface area contributed by atoms with E-state index in [2.05, 4.69) is 19.9 Å². The summed E-state index contributed by atoms with van der Waals surface area (Å²) >= 11 is 6.28. The average molecular weight is 290 g/mol. The quantitative estimate of drug-likeness (QED) is 0.861. The molecule has 2 nitrogen and oxygen atoms in total. The number of nitrogens with two attached hydrogens (primary N) is 1. The normalized spacial score (nSPS) is 10.8. The smallest absolute Gasteiger partial charge is 0.146 e. The van der Waals surface area contributed by atoms with E-state index in [1.54, 1.807) is 0 Å². The van der Waals surface area contributed by atoms with Gasteiger partial charge >= 0.3 is 0 Å². The van der Waals surface area contributed by atoms with E-state index in [-0.39, 0.29) is 0 Å². The Balaban J connectivity index is 2.26. The first-order valence-electron chi connectivity index (χ1n) is 6.87. The molecule has 0 saturated heterocycles. The molecule has 2 N–H and O–H groups in total. The van der Waals surface area contributed by atoms with Crippen LogP contribution in [0.25, 0.3) is 0 Å². The van der Waals surface area contributed by atoms with Crippen LogP contribution in [0.4, 0.5) is 0 Å². The summed E-state index contributed by atoms with van der Waals surface area (Å²) in [4.78, 5) is 0. The second-order valence-electron chi connectivity index (χ2n) is 5.10. The molecule has 0 aliphatic rings. The summed E-state index contributed by atoms with van der Waals surface area (Å²) in [6, 6.07) is 13.9. The maximum absolute atomic E-state index is 6.28. The lowest BCUT2D eigenvalue weighted by atomic mass is 10.0. The zero-order chi connectivity index (χ0) is 14.5. The highest BCUT2D eigenvalue weighted by molar-refractivity contribution is 6.32. The first-order chi connectivity index (χ1) is 9.61. The molecule has 0 saturated carbocycles. The van der Waals surface area contributed by atoms with Gasteiger partial charge in [-0.3, -0.25) is 0 Å². The molecule has 2 rings (SSSR count). The van der Waals surface area contributed by atoms with Gasteiger partial charge in [-0.05, 0) is 48.2 Å². The lowest BCUT2D eigenvalue weighted by molar-refractivity contribution is 0.473. The summed E-state index contributed by atoms with van der Waals surface area (Å²) in [6.45, 7) is 4.91. The van der Waals surface area contributed by atoms with Crippen LogP contribution >= 0.6 is 11.6 Å². The van der Waals surface area contributed by atoms with Crippen LogP contribution in [0.2, 0.25) is 5.02 Å². The van der Waals surface area contributed by atoms with Gasteiger partial charge in [0.2, 0.25) is 0 Å². The maximum atomic E-state index is 6.28. The minimum Gasteiger partial charge on any atom is -0.456 e. The van der Waals surface area contributed by atoms with Crippen molar-refractivity contribution in [3.8, 4) is 11.5 Å². The predicted molar refractivity (Wildman–Crippen MR) is 84.8 cm³/mol. The molecule has 0 aliphatic heterocycles. The van der Waals surface area contributed by atoms with Crippen LogP contribution in [0.3, 0.4) is 0 Å². The van der Waals surface area contributed by atoms with Crippen molar-refractivity contribution < 1.29 is 4.74 Å². The zero-order valence-electron chi connectivity index (χ0n) is 11.9. The van der Waals surface area contributed by atoms with Gasteiger partial charge < -0.3 is 10.5 Å². The standard InChI is InChI=1S/C17H20ClNO/c1-12(2)14-5-3-4-6-16(14)20-17-8-7-13(9-10-19)11-15(17)18/h3-8,11-12H,9-10,19H2,1-2H3. The number of halogens is 1. The summed E-state index contributed by atoms with van der Waals surface area (Å²) in [6.07, 6.45) is 0.822. The number of rotatable bonds is 5. The van der Waals surface area contributed by atoms with E-state index < -0.39 is 0 Å². The Morgan fingerprint density at radius 1 is 1.10 bits per heavy atom. The van der Waals surface area contributed by atoms with Gasteiger partial charge in [-0.2, -0.15) is 0 Å². The van der Waals surface area contributed by atoms with Crippen molar-refractivity contribution in [1.82, 2.24) is 0 Å². The first kappa shape index (κ1) is 14.9. The fourth-order valence-electron chi connectivity index (χ4n) is 2.12. The van der Waals surface area contributed by atoms with Crippen LogP contribution < -0.4 is 10.5 Å². The molecular weight excluding hydrogens is 270 g/mol. The third-order valence-corrected chi connectivity index (χ3v) is 3.49. The topological polar surface area (TPSA) is 35.2 Å². The molecule has 0 fully saturated rings. The lowest BCUT2D eigenvalue weighted by Gasteiger charge is -2.14. The van der Waals surface area contributed by atoms with Crippen molar-refractivity contribution >= 4 is 11.6 Å². The molecule has 2 aromatic rings. The summed E-state index contributed by atoms with van der Waals surface area (Å²) in [5.41, 5.74) is 7.85. The number of para-hydroxylation sites is 1. The van der Waals surface area contributed by atoms with Gasteiger partial charge in [-0.15, -0.1) is 0 Å². The Bertz CT molecular complexity index is 581. The molecule has 0 aromatic heterocycles. The molecule has 3 heteroatoms. The highest BCUT2D eigenvalue weighted by atomic mass is 35.5. The fraction of sp³-hybridized carbons (Fsp3) is 0.294.